The van der Waals surface area contributed by atoms with E-state index in [0.29, 0.717) is 11.3 Å². The summed E-state index contributed by atoms with van der Waals surface area (Å²) >= 11 is 0. The molecule has 0 saturated heterocycles. The first kappa shape index (κ1) is 17.7. The van der Waals surface area contributed by atoms with Crippen molar-refractivity contribution in [3.8, 4) is 0 Å². The molecule has 134 valence electrons. The van der Waals surface area contributed by atoms with Crippen LogP contribution in [0.2, 0.25) is 0 Å². The monoisotopic (exact) mass is 361 g/mol. The predicted molar refractivity (Wildman–Crippen MR) is 95.2 cm³/mol. The van der Waals surface area contributed by atoms with Crippen molar-refractivity contribution in [3.63, 3.8) is 0 Å². The molecule has 6 heteroatoms. The van der Waals surface area contributed by atoms with Gasteiger partial charge in [0, 0.05) is 17.8 Å². The second-order valence-corrected chi connectivity index (χ2v) is 8.14. The molecular formula is C19H23NO4S. The Hall–Kier alpha value is -2.08. The van der Waals surface area contributed by atoms with Crippen molar-refractivity contribution in [1.29, 1.82) is 0 Å². The lowest BCUT2D eigenvalue weighted by Gasteiger charge is -2.23. The lowest BCUT2D eigenvalue weighted by molar-refractivity contribution is 0.0526. The standard InChI is InChI=1S/C19H23NO4S/c1-2-24-19(21)16-13-18(15-9-5-3-6-10-15)20(14-16)25(22,23)17-11-7-4-8-12-17/h4,7-8,11-15H,2-3,5-6,9-10H2,1H3. The average Bonchev–Trinajstić information content (AvgIpc) is 3.10. The van der Waals surface area contributed by atoms with Crippen LogP contribution < -0.4 is 0 Å². The molecule has 0 aliphatic heterocycles. The summed E-state index contributed by atoms with van der Waals surface area (Å²) in [6.07, 6.45) is 6.62. The Morgan fingerprint density at radius 3 is 2.48 bits per heavy atom. The number of benzene rings is 1. The molecule has 0 N–H and O–H groups in total. The van der Waals surface area contributed by atoms with Gasteiger partial charge in [0.05, 0.1) is 17.1 Å². The van der Waals surface area contributed by atoms with Gasteiger partial charge in [0.15, 0.2) is 0 Å². The molecule has 0 radical (unpaired) electrons. The van der Waals surface area contributed by atoms with E-state index in [4.69, 9.17) is 4.74 Å². The first-order valence-electron chi connectivity index (χ1n) is 8.74. The van der Waals surface area contributed by atoms with E-state index in [9.17, 15) is 13.2 Å². The number of carbonyl (C=O) groups excluding carboxylic acids is 1. The highest BCUT2D eigenvalue weighted by Gasteiger charge is 2.28. The molecule has 1 aromatic carbocycles. The van der Waals surface area contributed by atoms with Crippen LogP contribution in [-0.2, 0) is 14.8 Å². The van der Waals surface area contributed by atoms with Gasteiger partial charge in [0.2, 0.25) is 0 Å². The zero-order valence-electron chi connectivity index (χ0n) is 14.3. The number of aromatic nitrogens is 1. The Kier molecular flexibility index (Phi) is 5.27. The van der Waals surface area contributed by atoms with Crippen LogP contribution in [0.4, 0.5) is 0 Å². The Balaban J connectivity index is 2.08. The predicted octanol–water partition coefficient (Wildman–Crippen LogP) is 3.95. The SMILES string of the molecule is CCOC(=O)c1cc(C2CCCCC2)n(S(=O)(=O)c2ccccc2)c1. The van der Waals surface area contributed by atoms with E-state index in [1.54, 1.807) is 43.3 Å². The Bertz CT molecular complexity index is 834. The quantitative estimate of drug-likeness (QED) is 0.757. The van der Waals surface area contributed by atoms with Crippen molar-refractivity contribution < 1.29 is 17.9 Å². The smallest absolute Gasteiger partial charge is 0.339 e. The topological polar surface area (TPSA) is 65.4 Å². The minimum atomic E-state index is -3.74. The third-order valence-electron chi connectivity index (χ3n) is 4.65. The van der Waals surface area contributed by atoms with Gasteiger partial charge in [-0.25, -0.2) is 17.2 Å². The van der Waals surface area contributed by atoms with Crippen molar-refractivity contribution in [2.75, 3.05) is 6.61 Å². The van der Waals surface area contributed by atoms with E-state index >= 15 is 0 Å². The van der Waals surface area contributed by atoms with Crippen LogP contribution in [0.1, 0.15) is 61.0 Å². The largest absolute Gasteiger partial charge is 0.462 e. The molecule has 2 aromatic rings. The number of hydrogen-bond donors (Lipinski definition) is 0. The van der Waals surface area contributed by atoms with Gasteiger partial charge < -0.3 is 4.74 Å². The molecule has 1 aliphatic rings. The number of carbonyl (C=O) groups is 1. The second kappa shape index (κ2) is 7.44. The minimum Gasteiger partial charge on any atom is -0.462 e. The normalized spacial score (nSPS) is 15.9. The zero-order valence-corrected chi connectivity index (χ0v) is 15.2. The molecule has 0 amide bonds. The maximum Gasteiger partial charge on any atom is 0.339 e. The molecule has 1 heterocycles. The highest BCUT2D eigenvalue weighted by Crippen LogP contribution is 2.35. The van der Waals surface area contributed by atoms with E-state index in [2.05, 4.69) is 0 Å². The van der Waals surface area contributed by atoms with E-state index in [-0.39, 0.29) is 17.4 Å². The molecule has 3 rings (SSSR count). The molecule has 1 saturated carbocycles. The summed E-state index contributed by atoms with van der Waals surface area (Å²) in [6, 6.07) is 10.0. The maximum atomic E-state index is 13.1. The summed E-state index contributed by atoms with van der Waals surface area (Å²) in [5.74, 6) is -0.336. The highest BCUT2D eigenvalue weighted by molar-refractivity contribution is 7.90. The van der Waals surface area contributed by atoms with Gasteiger partial charge in [0.25, 0.3) is 10.0 Å². The summed E-state index contributed by atoms with van der Waals surface area (Å²) in [4.78, 5) is 12.3. The maximum absolute atomic E-state index is 13.1. The van der Waals surface area contributed by atoms with E-state index in [1.165, 1.54) is 16.6 Å². The first-order valence-corrected chi connectivity index (χ1v) is 10.2. The summed E-state index contributed by atoms with van der Waals surface area (Å²) < 4.78 is 32.5. The lowest BCUT2D eigenvalue weighted by Crippen LogP contribution is -2.18. The van der Waals surface area contributed by atoms with E-state index in [0.717, 1.165) is 25.7 Å². The first-order chi connectivity index (χ1) is 12.0. The summed E-state index contributed by atoms with van der Waals surface area (Å²) in [7, 11) is -3.74. The third-order valence-corrected chi connectivity index (χ3v) is 6.35. The van der Waals surface area contributed by atoms with Crippen molar-refractivity contribution in [2.45, 2.75) is 49.8 Å². The van der Waals surface area contributed by atoms with Crippen molar-refractivity contribution in [1.82, 2.24) is 3.97 Å². The number of nitrogens with zero attached hydrogens (tertiary/aromatic N) is 1. The lowest BCUT2D eigenvalue weighted by atomic mass is 9.87. The fraction of sp³-hybridized carbons (Fsp3) is 0.421. The molecule has 25 heavy (non-hydrogen) atoms. The third kappa shape index (κ3) is 3.63. The van der Waals surface area contributed by atoms with E-state index in [1.807, 2.05) is 0 Å². The van der Waals surface area contributed by atoms with Crippen LogP contribution in [0.3, 0.4) is 0 Å². The Labute approximate surface area is 148 Å². The molecule has 0 atom stereocenters. The van der Waals surface area contributed by atoms with Crippen LogP contribution >= 0.6 is 0 Å². The number of ether oxygens (including phenoxy) is 1. The van der Waals surface area contributed by atoms with Crippen LogP contribution in [0.15, 0.2) is 47.5 Å². The van der Waals surface area contributed by atoms with Crippen molar-refractivity contribution in [2.24, 2.45) is 0 Å². The van der Waals surface area contributed by atoms with E-state index < -0.39 is 16.0 Å². The zero-order chi connectivity index (χ0) is 17.9. The molecule has 0 bridgehead atoms. The van der Waals surface area contributed by atoms with Gasteiger partial charge in [-0.1, -0.05) is 37.5 Å². The van der Waals surface area contributed by atoms with Gasteiger partial charge in [-0.2, -0.15) is 0 Å². The van der Waals surface area contributed by atoms with Crippen molar-refractivity contribution >= 4 is 16.0 Å². The van der Waals surface area contributed by atoms with Gasteiger partial charge >= 0.3 is 5.97 Å². The average molecular weight is 361 g/mol. The van der Waals surface area contributed by atoms with Gasteiger partial charge in [-0.3, -0.25) is 0 Å². The Morgan fingerprint density at radius 2 is 1.84 bits per heavy atom. The fourth-order valence-electron chi connectivity index (χ4n) is 3.40. The van der Waals surface area contributed by atoms with Crippen LogP contribution in [0.5, 0.6) is 0 Å². The minimum absolute atomic E-state index is 0.149. The molecule has 1 aromatic heterocycles. The van der Waals surface area contributed by atoms with Gasteiger partial charge in [-0.05, 0) is 38.0 Å². The Morgan fingerprint density at radius 1 is 1.16 bits per heavy atom. The molecule has 0 unspecified atom stereocenters. The van der Waals surface area contributed by atoms with Crippen LogP contribution in [0.25, 0.3) is 0 Å². The molecule has 5 nitrogen and oxygen atoms in total. The van der Waals surface area contributed by atoms with Gasteiger partial charge in [-0.15, -0.1) is 0 Å². The van der Waals surface area contributed by atoms with Gasteiger partial charge in [0.1, 0.15) is 0 Å². The summed E-state index contributed by atoms with van der Waals surface area (Å²) in [5, 5.41) is 0. The van der Waals surface area contributed by atoms with Crippen molar-refractivity contribution in [3.05, 3.63) is 53.9 Å². The molecular weight excluding hydrogens is 338 g/mol. The second-order valence-electron chi connectivity index (χ2n) is 6.32. The van der Waals surface area contributed by atoms with Crippen LogP contribution in [-0.4, -0.2) is 25.0 Å². The number of esters is 1. The number of hydrogen-bond acceptors (Lipinski definition) is 4. The molecule has 0 spiro atoms. The highest BCUT2D eigenvalue weighted by atomic mass is 32.2. The number of rotatable bonds is 5. The molecule has 1 fully saturated rings. The molecule has 1 aliphatic carbocycles. The fourth-order valence-corrected chi connectivity index (χ4v) is 4.86. The van der Waals surface area contributed by atoms with Crippen LogP contribution in [0, 0.1) is 0 Å². The summed E-state index contributed by atoms with van der Waals surface area (Å²) in [6.45, 7) is 1.99. The summed E-state index contributed by atoms with van der Waals surface area (Å²) in [5.41, 5.74) is 0.980.